The number of rotatable bonds is 3. The number of imidazole rings is 1. The Morgan fingerprint density at radius 1 is 1.38 bits per heavy atom. The highest BCUT2D eigenvalue weighted by atomic mass is 32.2. The summed E-state index contributed by atoms with van der Waals surface area (Å²) in [6.07, 6.45) is 8.56. The molecule has 1 aliphatic rings. The maximum absolute atomic E-state index is 9.21. The van der Waals surface area contributed by atoms with Gasteiger partial charge in [-0.2, -0.15) is 17.0 Å². The molecule has 0 unspecified atom stereocenters. The van der Waals surface area contributed by atoms with Gasteiger partial charge in [-0.3, -0.25) is 0 Å². The number of nitrogens with two attached hydrogens (primary N) is 1. The number of hydrogen-bond donors (Lipinski definition) is 1. The standard InChI is InChI=1S/C16H20N4S/c1-21-16(8-3-2-4-9-16)11-20-13-7-5-6-12(10-17)14(13)19-15(20)18/h5-7H,2-4,8-9,11H2,1H3,(H2,18,19). The average molecular weight is 300 g/mol. The van der Waals surface area contributed by atoms with Gasteiger partial charge in [-0.15, -0.1) is 0 Å². The molecule has 1 saturated carbocycles. The maximum Gasteiger partial charge on any atom is 0.201 e. The summed E-state index contributed by atoms with van der Waals surface area (Å²) in [4.78, 5) is 4.42. The Morgan fingerprint density at radius 3 is 2.81 bits per heavy atom. The van der Waals surface area contributed by atoms with E-state index in [1.807, 2.05) is 23.9 Å². The van der Waals surface area contributed by atoms with Crippen LogP contribution in [0.5, 0.6) is 0 Å². The summed E-state index contributed by atoms with van der Waals surface area (Å²) in [5.41, 5.74) is 8.44. The first-order chi connectivity index (χ1) is 10.2. The van der Waals surface area contributed by atoms with Crippen molar-refractivity contribution in [1.82, 2.24) is 9.55 Å². The van der Waals surface area contributed by atoms with Gasteiger partial charge < -0.3 is 10.3 Å². The van der Waals surface area contributed by atoms with Crippen LogP contribution in [0.3, 0.4) is 0 Å². The third-order valence-electron chi connectivity index (χ3n) is 4.57. The van der Waals surface area contributed by atoms with Crippen molar-refractivity contribution in [1.29, 1.82) is 5.26 Å². The zero-order chi connectivity index (χ0) is 14.9. The summed E-state index contributed by atoms with van der Waals surface area (Å²) < 4.78 is 2.35. The van der Waals surface area contributed by atoms with E-state index < -0.39 is 0 Å². The number of anilines is 1. The van der Waals surface area contributed by atoms with Crippen LogP contribution in [-0.2, 0) is 6.54 Å². The lowest BCUT2D eigenvalue weighted by molar-refractivity contribution is 0.363. The van der Waals surface area contributed by atoms with Crippen LogP contribution in [0.1, 0.15) is 37.7 Å². The Labute approximate surface area is 129 Å². The monoisotopic (exact) mass is 300 g/mol. The average Bonchev–Trinajstić information content (AvgIpc) is 2.84. The number of nitrogen functional groups attached to an aromatic ring is 1. The lowest BCUT2D eigenvalue weighted by Gasteiger charge is -2.36. The van der Waals surface area contributed by atoms with E-state index in [1.54, 1.807) is 6.07 Å². The Kier molecular flexibility index (Phi) is 3.81. The van der Waals surface area contributed by atoms with E-state index in [2.05, 4.69) is 21.9 Å². The third-order valence-corrected chi connectivity index (χ3v) is 5.98. The number of aromatic nitrogens is 2. The molecule has 0 atom stereocenters. The maximum atomic E-state index is 9.21. The smallest absolute Gasteiger partial charge is 0.201 e. The molecule has 1 aromatic heterocycles. The Balaban J connectivity index is 2.04. The fourth-order valence-electron chi connectivity index (χ4n) is 3.33. The molecule has 0 amide bonds. The second-order valence-corrected chi connectivity index (χ2v) is 7.06. The second-order valence-electron chi connectivity index (χ2n) is 5.79. The molecule has 1 aliphatic carbocycles. The molecule has 1 heterocycles. The van der Waals surface area contributed by atoms with Gasteiger partial charge in [0.05, 0.1) is 11.1 Å². The highest BCUT2D eigenvalue weighted by molar-refractivity contribution is 8.00. The van der Waals surface area contributed by atoms with Crippen molar-refractivity contribution in [3.8, 4) is 6.07 Å². The minimum Gasteiger partial charge on any atom is -0.369 e. The summed E-state index contributed by atoms with van der Waals surface area (Å²) >= 11 is 1.95. The zero-order valence-electron chi connectivity index (χ0n) is 12.3. The molecule has 0 bridgehead atoms. The number of nitriles is 1. The minimum absolute atomic E-state index is 0.253. The summed E-state index contributed by atoms with van der Waals surface area (Å²) in [5.74, 6) is 0.520. The van der Waals surface area contributed by atoms with Crippen molar-refractivity contribution >= 4 is 28.7 Å². The molecule has 0 aliphatic heterocycles. The first kappa shape index (κ1) is 14.3. The van der Waals surface area contributed by atoms with Crippen LogP contribution in [0.15, 0.2) is 18.2 Å². The van der Waals surface area contributed by atoms with Crippen LogP contribution >= 0.6 is 11.8 Å². The van der Waals surface area contributed by atoms with Crippen molar-refractivity contribution in [2.75, 3.05) is 12.0 Å². The predicted molar refractivity (Wildman–Crippen MR) is 88.2 cm³/mol. The summed E-state index contributed by atoms with van der Waals surface area (Å²) in [6.45, 7) is 0.880. The molecule has 3 rings (SSSR count). The van der Waals surface area contributed by atoms with E-state index in [1.165, 1.54) is 32.1 Å². The first-order valence-corrected chi connectivity index (χ1v) is 8.61. The first-order valence-electron chi connectivity index (χ1n) is 7.39. The fourth-order valence-corrected chi connectivity index (χ4v) is 4.29. The number of fused-ring (bicyclic) bond motifs is 1. The van der Waals surface area contributed by atoms with Crippen LogP contribution in [0.2, 0.25) is 0 Å². The van der Waals surface area contributed by atoms with Gasteiger partial charge in [0, 0.05) is 11.3 Å². The van der Waals surface area contributed by atoms with Gasteiger partial charge in [-0.1, -0.05) is 25.3 Å². The number of hydrogen-bond acceptors (Lipinski definition) is 4. The van der Waals surface area contributed by atoms with E-state index in [0.29, 0.717) is 11.5 Å². The molecule has 0 radical (unpaired) electrons. The van der Waals surface area contributed by atoms with Gasteiger partial charge in [0.25, 0.3) is 0 Å². The molecular formula is C16H20N4S. The molecule has 110 valence electrons. The Morgan fingerprint density at radius 2 is 2.14 bits per heavy atom. The topological polar surface area (TPSA) is 67.6 Å². The number of benzene rings is 1. The molecule has 21 heavy (non-hydrogen) atoms. The van der Waals surface area contributed by atoms with E-state index in [-0.39, 0.29) is 4.75 Å². The van der Waals surface area contributed by atoms with Crippen molar-refractivity contribution in [3.63, 3.8) is 0 Å². The SMILES string of the molecule is CSC1(Cn2c(N)nc3c(C#N)cccc32)CCCCC1. The van der Waals surface area contributed by atoms with Crippen molar-refractivity contribution < 1.29 is 0 Å². The normalized spacial score (nSPS) is 17.7. The van der Waals surface area contributed by atoms with E-state index in [9.17, 15) is 5.26 Å². The van der Waals surface area contributed by atoms with Crippen LogP contribution in [-0.4, -0.2) is 20.6 Å². The predicted octanol–water partition coefficient (Wildman–Crippen LogP) is 3.56. The molecule has 2 N–H and O–H groups in total. The second kappa shape index (κ2) is 5.61. The number of thioether (sulfide) groups is 1. The highest BCUT2D eigenvalue weighted by Gasteiger charge is 2.32. The molecule has 0 spiro atoms. The van der Waals surface area contributed by atoms with E-state index >= 15 is 0 Å². The van der Waals surface area contributed by atoms with E-state index in [0.717, 1.165) is 17.6 Å². The van der Waals surface area contributed by atoms with Gasteiger partial charge >= 0.3 is 0 Å². The van der Waals surface area contributed by atoms with Crippen LogP contribution in [0, 0.1) is 11.3 Å². The van der Waals surface area contributed by atoms with Crippen LogP contribution < -0.4 is 5.73 Å². The Bertz CT molecular complexity index is 692. The van der Waals surface area contributed by atoms with E-state index in [4.69, 9.17) is 5.73 Å². The minimum atomic E-state index is 0.253. The highest BCUT2D eigenvalue weighted by Crippen LogP contribution is 2.41. The van der Waals surface area contributed by atoms with Crippen LogP contribution in [0.4, 0.5) is 5.95 Å². The lowest BCUT2D eigenvalue weighted by atomic mass is 9.88. The summed E-state index contributed by atoms with van der Waals surface area (Å²) in [5, 5.41) is 9.21. The van der Waals surface area contributed by atoms with Gasteiger partial charge in [0.15, 0.2) is 0 Å². The summed E-state index contributed by atoms with van der Waals surface area (Å²) in [7, 11) is 0. The van der Waals surface area contributed by atoms with Crippen molar-refractivity contribution in [2.45, 2.75) is 43.4 Å². The largest absolute Gasteiger partial charge is 0.369 e. The van der Waals surface area contributed by atoms with Crippen molar-refractivity contribution in [2.24, 2.45) is 0 Å². The van der Waals surface area contributed by atoms with Gasteiger partial charge in [0.2, 0.25) is 5.95 Å². The number of para-hydroxylation sites is 1. The van der Waals surface area contributed by atoms with Gasteiger partial charge in [-0.25, -0.2) is 4.98 Å². The Hall–Kier alpha value is -1.67. The van der Waals surface area contributed by atoms with Crippen molar-refractivity contribution in [3.05, 3.63) is 23.8 Å². The summed E-state index contributed by atoms with van der Waals surface area (Å²) in [6, 6.07) is 7.91. The molecule has 0 saturated heterocycles. The molecule has 1 aromatic carbocycles. The molecule has 2 aromatic rings. The zero-order valence-corrected chi connectivity index (χ0v) is 13.1. The fraction of sp³-hybridized carbons (Fsp3) is 0.500. The number of nitrogens with zero attached hydrogens (tertiary/aromatic N) is 3. The quantitative estimate of drug-likeness (QED) is 0.941. The molecule has 1 fully saturated rings. The van der Waals surface area contributed by atoms with Crippen LogP contribution in [0.25, 0.3) is 11.0 Å². The lowest BCUT2D eigenvalue weighted by Crippen LogP contribution is -2.33. The molecule has 4 nitrogen and oxygen atoms in total. The van der Waals surface area contributed by atoms with Gasteiger partial charge in [-0.05, 0) is 31.2 Å². The molecule has 5 heteroatoms. The van der Waals surface area contributed by atoms with Gasteiger partial charge in [0.1, 0.15) is 11.6 Å². The molecular weight excluding hydrogens is 280 g/mol. The third kappa shape index (κ3) is 2.49.